The second-order valence-corrected chi connectivity index (χ2v) is 6.48. The molecule has 3 aromatic rings. The molecular weight excluding hydrogens is 344 g/mol. The van der Waals surface area contributed by atoms with Crippen molar-refractivity contribution in [1.82, 2.24) is 14.8 Å². The highest BCUT2D eigenvalue weighted by atomic mass is 35.5. The lowest BCUT2D eigenvalue weighted by molar-refractivity contribution is 0.666. The molecule has 1 N–H and O–H groups in total. The molecule has 0 aliphatic rings. The van der Waals surface area contributed by atoms with Gasteiger partial charge in [-0.3, -0.25) is 9.36 Å². The van der Waals surface area contributed by atoms with E-state index in [4.69, 9.17) is 11.6 Å². The molecule has 24 heavy (non-hydrogen) atoms. The number of thioether (sulfide) groups is 1. The maximum atomic E-state index is 12.4. The predicted molar refractivity (Wildman–Crippen MR) is 98.0 cm³/mol. The first-order valence-electron chi connectivity index (χ1n) is 7.26. The van der Waals surface area contributed by atoms with E-state index in [0.29, 0.717) is 10.2 Å². The first kappa shape index (κ1) is 16.5. The Bertz CT molecular complexity index is 881. The van der Waals surface area contributed by atoms with E-state index < -0.39 is 0 Å². The molecule has 0 unspecified atom stereocenters. The molecule has 0 amide bonds. The minimum Gasteiger partial charge on any atom is -0.334 e. The third-order valence-corrected chi connectivity index (χ3v) is 4.69. The van der Waals surface area contributed by atoms with Gasteiger partial charge in [0.25, 0.3) is 5.56 Å². The molecule has 0 spiro atoms. The van der Waals surface area contributed by atoms with Crippen LogP contribution in [0.2, 0.25) is 5.02 Å². The molecule has 1 heterocycles. The zero-order valence-corrected chi connectivity index (χ0v) is 14.5. The molecule has 0 saturated carbocycles. The molecule has 0 aliphatic carbocycles. The second kappa shape index (κ2) is 7.51. The quantitative estimate of drug-likeness (QED) is 0.702. The zero-order valence-electron chi connectivity index (χ0n) is 12.9. The SMILES string of the molecule is Cn1c(SCc2ccccc2)nnc(Nc2ccc(Cl)cc2)c1=O. The van der Waals surface area contributed by atoms with Crippen LogP contribution in [0.15, 0.2) is 64.5 Å². The summed E-state index contributed by atoms with van der Waals surface area (Å²) in [5, 5.41) is 12.3. The van der Waals surface area contributed by atoms with Crippen LogP contribution in [0.25, 0.3) is 0 Å². The summed E-state index contributed by atoms with van der Waals surface area (Å²) in [6.07, 6.45) is 0. The summed E-state index contributed by atoms with van der Waals surface area (Å²) in [5.41, 5.74) is 1.67. The van der Waals surface area contributed by atoms with E-state index in [1.165, 1.54) is 21.9 Å². The Morgan fingerprint density at radius 3 is 2.50 bits per heavy atom. The standard InChI is InChI=1S/C17H15ClN4OS/c1-22-16(23)15(19-14-9-7-13(18)8-10-14)20-21-17(22)24-11-12-5-3-2-4-6-12/h2-10H,11H2,1H3,(H,19,20). The van der Waals surface area contributed by atoms with Crippen LogP contribution in [0.3, 0.4) is 0 Å². The van der Waals surface area contributed by atoms with E-state index >= 15 is 0 Å². The van der Waals surface area contributed by atoms with Crippen LogP contribution >= 0.6 is 23.4 Å². The topological polar surface area (TPSA) is 59.8 Å². The van der Waals surface area contributed by atoms with Crippen LogP contribution in [0, 0.1) is 0 Å². The Labute approximate surface area is 148 Å². The van der Waals surface area contributed by atoms with Gasteiger partial charge >= 0.3 is 0 Å². The van der Waals surface area contributed by atoms with E-state index in [9.17, 15) is 4.79 Å². The molecule has 0 atom stereocenters. The summed E-state index contributed by atoms with van der Waals surface area (Å²) in [5.74, 6) is 0.913. The lowest BCUT2D eigenvalue weighted by atomic mass is 10.2. The number of nitrogens with zero attached hydrogens (tertiary/aromatic N) is 3. The fourth-order valence-corrected chi connectivity index (χ4v) is 3.03. The minimum atomic E-state index is -0.226. The fraction of sp³-hybridized carbons (Fsp3) is 0.118. The highest BCUT2D eigenvalue weighted by Gasteiger charge is 2.10. The lowest BCUT2D eigenvalue weighted by Gasteiger charge is -2.09. The second-order valence-electron chi connectivity index (χ2n) is 5.10. The van der Waals surface area contributed by atoms with Crippen LogP contribution in [0.5, 0.6) is 0 Å². The van der Waals surface area contributed by atoms with Crippen molar-refractivity contribution >= 4 is 34.9 Å². The van der Waals surface area contributed by atoms with Gasteiger partial charge < -0.3 is 5.32 Å². The van der Waals surface area contributed by atoms with Gasteiger partial charge in [0.2, 0.25) is 5.82 Å². The highest BCUT2D eigenvalue weighted by Crippen LogP contribution is 2.20. The maximum absolute atomic E-state index is 12.4. The Balaban J connectivity index is 1.76. The summed E-state index contributed by atoms with van der Waals surface area (Å²) in [6.45, 7) is 0. The van der Waals surface area contributed by atoms with Crippen LogP contribution < -0.4 is 10.9 Å². The average Bonchev–Trinajstić information content (AvgIpc) is 2.61. The largest absolute Gasteiger partial charge is 0.334 e. The summed E-state index contributed by atoms with van der Waals surface area (Å²) in [4.78, 5) is 12.4. The number of benzene rings is 2. The number of hydrogen-bond acceptors (Lipinski definition) is 5. The molecule has 122 valence electrons. The minimum absolute atomic E-state index is 0.184. The first-order valence-corrected chi connectivity index (χ1v) is 8.63. The van der Waals surface area contributed by atoms with Gasteiger partial charge in [-0.15, -0.1) is 10.2 Å². The fourth-order valence-electron chi connectivity index (χ4n) is 2.04. The molecule has 0 fully saturated rings. The van der Waals surface area contributed by atoms with E-state index in [0.717, 1.165) is 11.4 Å². The molecule has 3 rings (SSSR count). The predicted octanol–water partition coefficient (Wildman–Crippen LogP) is 3.86. The van der Waals surface area contributed by atoms with Gasteiger partial charge in [0.15, 0.2) is 5.16 Å². The molecular formula is C17H15ClN4OS. The Morgan fingerprint density at radius 2 is 1.79 bits per heavy atom. The number of aromatic nitrogens is 3. The molecule has 0 radical (unpaired) electrons. The summed E-state index contributed by atoms with van der Waals surface area (Å²) >= 11 is 7.33. The zero-order chi connectivity index (χ0) is 16.9. The van der Waals surface area contributed by atoms with Gasteiger partial charge in [0.05, 0.1) is 0 Å². The summed E-state index contributed by atoms with van der Waals surface area (Å²) < 4.78 is 1.50. The van der Waals surface area contributed by atoms with Crippen LogP contribution in [-0.2, 0) is 12.8 Å². The molecule has 7 heteroatoms. The number of hydrogen-bond donors (Lipinski definition) is 1. The molecule has 0 saturated heterocycles. The Hall–Kier alpha value is -2.31. The molecule has 0 bridgehead atoms. The van der Waals surface area contributed by atoms with E-state index in [1.54, 1.807) is 31.3 Å². The van der Waals surface area contributed by atoms with Crippen LogP contribution in [0.4, 0.5) is 11.5 Å². The third kappa shape index (κ3) is 3.96. The van der Waals surface area contributed by atoms with Crippen LogP contribution in [-0.4, -0.2) is 14.8 Å². The van der Waals surface area contributed by atoms with Crippen molar-refractivity contribution in [2.75, 3.05) is 5.32 Å². The number of rotatable bonds is 5. The van der Waals surface area contributed by atoms with Gasteiger partial charge in [-0.1, -0.05) is 53.7 Å². The number of anilines is 2. The van der Waals surface area contributed by atoms with Crippen molar-refractivity contribution in [2.24, 2.45) is 7.05 Å². The van der Waals surface area contributed by atoms with Crippen molar-refractivity contribution < 1.29 is 0 Å². The van der Waals surface area contributed by atoms with E-state index in [-0.39, 0.29) is 11.4 Å². The first-order chi connectivity index (χ1) is 11.6. The van der Waals surface area contributed by atoms with Crippen molar-refractivity contribution in [1.29, 1.82) is 0 Å². The van der Waals surface area contributed by atoms with Gasteiger partial charge in [0, 0.05) is 23.5 Å². The Morgan fingerprint density at radius 1 is 1.08 bits per heavy atom. The van der Waals surface area contributed by atoms with Crippen molar-refractivity contribution in [3.63, 3.8) is 0 Å². The van der Waals surface area contributed by atoms with Crippen molar-refractivity contribution in [3.05, 3.63) is 75.5 Å². The average molecular weight is 359 g/mol. The monoisotopic (exact) mass is 358 g/mol. The van der Waals surface area contributed by atoms with Crippen molar-refractivity contribution in [3.8, 4) is 0 Å². The van der Waals surface area contributed by atoms with E-state index in [1.807, 2.05) is 30.3 Å². The third-order valence-electron chi connectivity index (χ3n) is 3.35. The lowest BCUT2D eigenvalue weighted by Crippen LogP contribution is -2.24. The van der Waals surface area contributed by atoms with Crippen molar-refractivity contribution in [2.45, 2.75) is 10.9 Å². The van der Waals surface area contributed by atoms with Crippen LogP contribution in [0.1, 0.15) is 5.56 Å². The summed E-state index contributed by atoms with van der Waals surface area (Å²) in [7, 11) is 1.69. The normalized spacial score (nSPS) is 10.6. The molecule has 0 aliphatic heterocycles. The van der Waals surface area contributed by atoms with Gasteiger partial charge in [-0.25, -0.2) is 0 Å². The molecule has 1 aromatic heterocycles. The maximum Gasteiger partial charge on any atom is 0.297 e. The smallest absolute Gasteiger partial charge is 0.297 e. The van der Waals surface area contributed by atoms with Gasteiger partial charge in [-0.05, 0) is 29.8 Å². The molecule has 2 aromatic carbocycles. The van der Waals surface area contributed by atoms with E-state index in [2.05, 4.69) is 15.5 Å². The molecule has 5 nitrogen and oxygen atoms in total. The van der Waals surface area contributed by atoms with Gasteiger partial charge in [0.1, 0.15) is 0 Å². The van der Waals surface area contributed by atoms with Gasteiger partial charge in [-0.2, -0.15) is 0 Å². The Kier molecular flexibility index (Phi) is 5.17. The highest BCUT2D eigenvalue weighted by molar-refractivity contribution is 7.98. The number of nitrogens with one attached hydrogen (secondary N) is 1. The number of halogens is 1. The summed E-state index contributed by atoms with van der Waals surface area (Å²) in [6, 6.07) is 17.1.